The molecule has 0 saturated carbocycles. The molecule has 0 aliphatic carbocycles. The highest BCUT2D eigenvalue weighted by atomic mass is 16.5. The maximum Gasteiger partial charge on any atom is 0.343 e. The second kappa shape index (κ2) is 11.4. The van der Waals surface area contributed by atoms with Crippen LogP contribution in [-0.2, 0) is 0 Å². The number of carbonyl (C=O) groups excluding carboxylic acids is 2. The molecule has 3 rings (SSSR count). The molecule has 0 unspecified atom stereocenters. The first-order valence-electron chi connectivity index (χ1n) is 10.1. The topological polar surface area (TPSA) is 105 Å². The summed E-state index contributed by atoms with van der Waals surface area (Å²) in [5.74, 6) is 1.32. The first-order chi connectivity index (χ1) is 16.5. The van der Waals surface area contributed by atoms with E-state index in [-0.39, 0.29) is 0 Å². The number of esters is 1. The molecule has 9 heteroatoms. The molecule has 1 N–H and O–H groups in total. The van der Waals surface area contributed by atoms with E-state index in [1.165, 1.54) is 34.7 Å². The van der Waals surface area contributed by atoms with Gasteiger partial charge in [-0.1, -0.05) is 0 Å². The Morgan fingerprint density at radius 2 is 1.24 bits per heavy atom. The van der Waals surface area contributed by atoms with Crippen LogP contribution in [0.15, 0.2) is 65.8 Å². The summed E-state index contributed by atoms with van der Waals surface area (Å²) in [4.78, 5) is 24.7. The fourth-order valence-electron chi connectivity index (χ4n) is 2.96. The van der Waals surface area contributed by atoms with Crippen molar-refractivity contribution < 1.29 is 33.3 Å². The van der Waals surface area contributed by atoms with Crippen molar-refractivity contribution in [2.24, 2.45) is 5.10 Å². The van der Waals surface area contributed by atoms with Crippen molar-refractivity contribution in [3.63, 3.8) is 0 Å². The predicted octanol–water partition coefficient (Wildman–Crippen LogP) is 3.70. The molecule has 3 aromatic rings. The Morgan fingerprint density at radius 1 is 0.706 bits per heavy atom. The van der Waals surface area contributed by atoms with Crippen LogP contribution in [0.1, 0.15) is 26.3 Å². The van der Waals surface area contributed by atoms with E-state index >= 15 is 0 Å². The van der Waals surface area contributed by atoms with Crippen molar-refractivity contribution in [3.8, 4) is 28.7 Å². The second-order valence-electron chi connectivity index (χ2n) is 6.80. The quantitative estimate of drug-likeness (QED) is 0.223. The number of amides is 1. The van der Waals surface area contributed by atoms with Gasteiger partial charge in [-0.3, -0.25) is 4.79 Å². The molecular weight excluding hydrogens is 440 g/mol. The van der Waals surface area contributed by atoms with Crippen LogP contribution >= 0.6 is 0 Å². The fourth-order valence-corrected chi connectivity index (χ4v) is 2.96. The smallest absolute Gasteiger partial charge is 0.343 e. The summed E-state index contributed by atoms with van der Waals surface area (Å²) in [6.45, 7) is 0. The van der Waals surface area contributed by atoms with E-state index in [9.17, 15) is 9.59 Å². The Kier molecular flexibility index (Phi) is 8.07. The highest BCUT2D eigenvalue weighted by molar-refractivity contribution is 5.95. The van der Waals surface area contributed by atoms with E-state index in [0.29, 0.717) is 45.4 Å². The highest BCUT2D eigenvalue weighted by Crippen LogP contribution is 2.28. The van der Waals surface area contributed by atoms with Gasteiger partial charge in [-0.15, -0.1) is 0 Å². The normalized spacial score (nSPS) is 10.5. The van der Waals surface area contributed by atoms with Gasteiger partial charge >= 0.3 is 5.97 Å². The van der Waals surface area contributed by atoms with Gasteiger partial charge in [0, 0.05) is 5.56 Å². The van der Waals surface area contributed by atoms with Gasteiger partial charge in [-0.2, -0.15) is 5.10 Å². The van der Waals surface area contributed by atoms with E-state index in [1.54, 1.807) is 60.7 Å². The minimum atomic E-state index is -0.537. The maximum absolute atomic E-state index is 12.4. The summed E-state index contributed by atoms with van der Waals surface area (Å²) in [5, 5.41) is 3.96. The average molecular weight is 464 g/mol. The van der Waals surface area contributed by atoms with Gasteiger partial charge in [0.2, 0.25) is 0 Å². The molecule has 0 saturated heterocycles. The number of hydrogen-bond acceptors (Lipinski definition) is 8. The lowest BCUT2D eigenvalue weighted by atomic mass is 10.2. The van der Waals surface area contributed by atoms with Crippen molar-refractivity contribution in [2.45, 2.75) is 0 Å². The third-order valence-electron chi connectivity index (χ3n) is 4.74. The van der Waals surface area contributed by atoms with Crippen LogP contribution in [0.3, 0.4) is 0 Å². The van der Waals surface area contributed by atoms with E-state index in [4.69, 9.17) is 23.7 Å². The van der Waals surface area contributed by atoms with Crippen LogP contribution in [0.2, 0.25) is 0 Å². The number of methoxy groups -OCH3 is 4. The lowest BCUT2D eigenvalue weighted by Gasteiger charge is -2.09. The zero-order valence-corrected chi connectivity index (χ0v) is 19.2. The second-order valence-corrected chi connectivity index (χ2v) is 6.80. The van der Waals surface area contributed by atoms with Crippen molar-refractivity contribution >= 4 is 18.1 Å². The van der Waals surface area contributed by atoms with E-state index in [2.05, 4.69) is 10.5 Å². The number of rotatable bonds is 9. The Morgan fingerprint density at radius 3 is 1.79 bits per heavy atom. The van der Waals surface area contributed by atoms with Gasteiger partial charge in [-0.05, 0) is 66.2 Å². The van der Waals surface area contributed by atoms with Crippen LogP contribution < -0.4 is 29.1 Å². The van der Waals surface area contributed by atoms with Gasteiger partial charge in [0.15, 0.2) is 23.0 Å². The first-order valence-corrected chi connectivity index (χ1v) is 10.1. The van der Waals surface area contributed by atoms with Crippen LogP contribution in [0.4, 0.5) is 0 Å². The molecule has 0 spiro atoms. The SMILES string of the molecule is COc1ccc(C(=O)NN=Cc2ccc(OC(=O)c3ccc(OC)c(OC)c3)cc2)cc1OC. The van der Waals surface area contributed by atoms with Crippen molar-refractivity contribution in [1.82, 2.24) is 5.43 Å². The number of ether oxygens (including phenoxy) is 5. The third kappa shape index (κ3) is 5.83. The number of hydrazone groups is 1. The van der Waals surface area contributed by atoms with Crippen LogP contribution in [0.5, 0.6) is 28.7 Å². The summed E-state index contributed by atoms with van der Waals surface area (Å²) in [6, 6.07) is 16.2. The fraction of sp³-hybridized carbons (Fsp3) is 0.160. The van der Waals surface area contributed by atoms with Gasteiger partial charge in [0.05, 0.1) is 40.2 Å². The summed E-state index contributed by atoms with van der Waals surface area (Å²) in [7, 11) is 6.02. The molecule has 3 aromatic carbocycles. The molecule has 0 radical (unpaired) electrons. The molecule has 0 aliphatic heterocycles. The molecule has 0 aliphatic rings. The number of hydrogen-bond donors (Lipinski definition) is 1. The Bertz CT molecular complexity index is 1190. The summed E-state index contributed by atoms with van der Waals surface area (Å²) in [5.41, 5.74) is 3.83. The largest absolute Gasteiger partial charge is 0.493 e. The molecule has 34 heavy (non-hydrogen) atoms. The Hall–Kier alpha value is -4.53. The molecule has 9 nitrogen and oxygen atoms in total. The minimum absolute atomic E-state index is 0.321. The Labute approximate surface area is 196 Å². The van der Waals surface area contributed by atoms with Gasteiger partial charge in [-0.25, -0.2) is 10.2 Å². The lowest BCUT2D eigenvalue weighted by molar-refractivity contribution is 0.0734. The highest BCUT2D eigenvalue weighted by Gasteiger charge is 2.13. The third-order valence-corrected chi connectivity index (χ3v) is 4.74. The van der Waals surface area contributed by atoms with Gasteiger partial charge in [0.1, 0.15) is 5.75 Å². The lowest BCUT2D eigenvalue weighted by Crippen LogP contribution is -2.17. The molecule has 0 heterocycles. The van der Waals surface area contributed by atoms with Gasteiger partial charge < -0.3 is 23.7 Å². The zero-order chi connectivity index (χ0) is 24.5. The van der Waals surface area contributed by atoms with Gasteiger partial charge in [0.25, 0.3) is 5.91 Å². The number of benzene rings is 3. The molecule has 0 aromatic heterocycles. The first kappa shape index (κ1) is 24.1. The maximum atomic E-state index is 12.4. The van der Waals surface area contributed by atoms with E-state index in [0.717, 1.165) is 0 Å². The number of nitrogens with zero attached hydrogens (tertiary/aromatic N) is 1. The molecule has 1 amide bonds. The van der Waals surface area contributed by atoms with E-state index in [1.807, 2.05) is 0 Å². The van der Waals surface area contributed by atoms with Crippen LogP contribution in [-0.4, -0.2) is 46.5 Å². The molecule has 176 valence electrons. The average Bonchev–Trinajstić information content (AvgIpc) is 2.88. The monoisotopic (exact) mass is 464 g/mol. The number of nitrogens with one attached hydrogen (secondary N) is 1. The van der Waals surface area contributed by atoms with Crippen molar-refractivity contribution in [1.29, 1.82) is 0 Å². The summed E-state index contributed by atoms with van der Waals surface area (Å²) in [6.07, 6.45) is 1.47. The van der Waals surface area contributed by atoms with Crippen molar-refractivity contribution in [2.75, 3.05) is 28.4 Å². The van der Waals surface area contributed by atoms with Crippen LogP contribution in [0.25, 0.3) is 0 Å². The van der Waals surface area contributed by atoms with Crippen LogP contribution in [0, 0.1) is 0 Å². The zero-order valence-electron chi connectivity index (χ0n) is 19.2. The standard InChI is InChI=1S/C25H24N2O7/c1-30-20-11-7-17(13-22(20)32-3)24(28)27-26-15-16-5-9-19(10-6-16)34-25(29)18-8-12-21(31-2)23(14-18)33-4/h5-15H,1-4H3,(H,27,28). The predicted molar refractivity (Wildman–Crippen MR) is 126 cm³/mol. The van der Waals surface area contributed by atoms with E-state index < -0.39 is 11.9 Å². The Balaban J connectivity index is 1.59. The summed E-state index contributed by atoms with van der Waals surface area (Å²) < 4.78 is 26.1. The molecule has 0 bridgehead atoms. The minimum Gasteiger partial charge on any atom is -0.493 e. The molecular formula is C25H24N2O7. The number of carbonyl (C=O) groups is 2. The molecule has 0 atom stereocenters. The summed E-state index contributed by atoms with van der Waals surface area (Å²) >= 11 is 0. The molecule has 0 fully saturated rings. The van der Waals surface area contributed by atoms with Crippen molar-refractivity contribution in [3.05, 3.63) is 77.4 Å².